The van der Waals surface area contributed by atoms with E-state index < -0.39 is 36.1 Å². The topological polar surface area (TPSA) is 183 Å². The maximum absolute atomic E-state index is 11.4. The Hall–Kier alpha value is -7.16. The second kappa shape index (κ2) is 27.7. The Balaban J connectivity index is 0.000000373. The van der Waals surface area contributed by atoms with Gasteiger partial charge in [-0.15, -0.1) is 0 Å². The second-order valence-corrected chi connectivity index (χ2v) is 17.6. The van der Waals surface area contributed by atoms with E-state index in [-0.39, 0.29) is 74.8 Å². The van der Waals surface area contributed by atoms with Crippen molar-refractivity contribution >= 4 is 23.9 Å². The minimum Gasteiger partial charge on any atom is -0.491 e. The van der Waals surface area contributed by atoms with Crippen molar-refractivity contribution in [1.29, 1.82) is 0 Å². The molecule has 2 N–H and O–H groups in total. The van der Waals surface area contributed by atoms with Crippen molar-refractivity contribution in [1.82, 2.24) is 0 Å². The normalized spacial score (nSPS) is 11.8. The fraction of sp³-hybridized carbons (Fsp3) is 0.357. The Labute approximate surface area is 412 Å². The summed E-state index contributed by atoms with van der Waals surface area (Å²) < 4.78 is 42.4. The fourth-order valence-corrected chi connectivity index (χ4v) is 6.11. The van der Waals surface area contributed by atoms with Crippen molar-refractivity contribution in [2.45, 2.75) is 78.4 Å². The van der Waals surface area contributed by atoms with Crippen LogP contribution in [0.2, 0.25) is 0 Å². The molecule has 4 aromatic rings. The molecule has 0 heterocycles. The Morgan fingerprint density at radius 2 is 0.614 bits per heavy atom. The highest BCUT2D eigenvalue weighted by Gasteiger charge is 2.25. The van der Waals surface area contributed by atoms with Gasteiger partial charge in [0.15, 0.2) is 0 Å². The average molecular weight is 965 g/mol. The minimum absolute atomic E-state index is 0.0152. The number of carbonyl (C=O) groups excluding carboxylic acids is 4. The average Bonchev–Trinajstić information content (AvgIpc) is 3.34. The van der Waals surface area contributed by atoms with Crippen molar-refractivity contribution in [2.24, 2.45) is 0 Å². The molecule has 0 amide bonds. The molecule has 0 fully saturated rings. The molecule has 0 saturated carbocycles. The van der Waals surface area contributed by atoms with Crippen LogP contribution in [0.25, 0.3) is 0 Å². The monoisotopic (exact) mass is 964 g/mol. The zero-order valence-corrected chi connectivity index (χ0v) is 41.7. The second-order valence-electron chi connectivity index (χ2n) is 17.6. The molecule has 14 nitrogen and oxygen atoms in total. The molecule has 0 spiro atoms. The highest BCUT2D eigenvalue weighted by Crippen LogP contribution is 2.35. The Bertz CT molecular complexity index is 2210. The predicted molar refractivity (Wildman–Crippen MR) is 267 cm³/mol. The lowest BCUT2D eigenvalue weighted by Crippen LogP contribution is -2.25. The number of aliphatic hydroxyl groups excluding tert-OH is 2. The lowest BCUT2D eigenvalue weighted by molar-refractivity contribution is -0.143. The van der Waals surface area contributed by atoms with Gasteiger partial charge < -0.3 is 48.1 Å². The first-order valence-electron chi connectivity index (χ1n) is 22.6. The van der Waals surface area contributed by atoms with Crippen LogP contribution in [0.3, 0.4) is 0 Å². The first kappa shape index (κ1) is 57.2. The summed E-state index contributed by atoms with van der Waals surface area (Å²) in [5.74, 6) is 0.640. The maximum Gasteiger partial charge on any atom is 0.333 e. The van der Waals surface area contributed by atoms with Gasteiger partial charge in [-0.1, -0.05) is 103 Å². The molecule has 14 heteroatoms. The molecule has 0 aliphatic rings. The van der Waals surface area contributed by atoms with E-state index in [1.165, 1.54) is 13.8 Å². The van der Waals surface area contributed by atoms with E-state index in [1.54, 1.807) is 13.8 Å². The van der Waals surface area contributed by atoms with E-state index in [0.29, 0.717) is 34.1 Å². The van der Waals surface area contributed by atoms with Crippen LogP contribution >= 0.6 is 0 Å². The molecule has 0 aromatic heterocycles. The van der Waals surface area contributed by atoms with Gasteiger partial charge in [-0.25, -0.2) is 19.2 Å². The van der Waals surface area contributed by atoms with E-state index >= 15 is 0 Å². The summed E-state index contributed by atoms with van der Waals surface area (Å²) in [5.41, 5.74) is 5.09. The molecule has 0 aliphatic heterocycles. The lowest BCUT2D eigenvalue weighted by Gasteiger charge is -2.26. The summed E-state index contributed by atoms with van der Waals surface area (Å²) in [6.45, 7) is 29.4. The van der Waals surface area contributed by atoms with Gasteiger partial charge in [0.25, 0.3) is 0 Å². The van der Waals surface area contributed by atoms with Crippen LogP contribution in [0.15, 0.2) is 146 Å². The van der Waals surface area contributed by atoms with Crippen LogP contribution < -0.4 is 18.9 Å². The van der Waals surface area contributed by atoms with Gasteiger partial charge in [-0.3, -0.25) is 0 Å². The van der Waals surface area contributed by atoms with Crippen LogP contribution in [0, 0.1) is 0 Å². The van der Waals surface area contributed by atoms with Gasteiger partial charge >= 0.3 is 23.9 Å². The van der Waals surface area contributed by atoms with Crippen LogP contribution in [0.4, 0.5) is 0 Å². The first-order chi connectivity index (χ1) is 33.0. The zero-order chi connectivity index (χ0) is 52.0. The number of hydrogen-bond acceptors (Lipinski definition) is 14. The van der Waals surface area contributed by atoms with Crippen LogP contribution in [-0.2, 0) is 49.0 Å². The smallest absolute Gasteiger partial charge is 0.333 e. The molecule has 2 atom stereocenters. The molecule has 70 heavy (non-hydrogen) atoms. The van der Waals surface area contributed by atoms with Crippen molar-refractivity contribution < 1.29 is 67.3 Å². The molecular formula is C56H68O14. The minimum atomic E-state index is -0.951. The molecular weight excluding hydrogens is 897 g/mol. The highest BCUT2D eigenvalue weighted by molar-refractivity contribution is 5.88. The van der Waals surface area contributed by atoms with E-state index in [1.807, 2.05) is 97.1 Å². The lowest BCUT2D eigenvalue weighted by atomic mass is 9.78. The Kier molecular flexibility index (Phi) is 22.7. The van der Waals surface area contributed by atoms with Crippen LogP contribution in [-0.4, -0.2) is 99.2 Å². The summed E-state index contributed by atoms with van der Waals surface area (Å²) in [6, 6.07) is 30.8. The highest BCUT2D eigenvalue weighted by atomic mass is 16.6. The Morgan fingerprint density at radius 3 is 0.857 bits per heavy atom. The molecule has 0 saturated heterocycles. The first-order valence-corrected chi connectivity index (χ1v) is 22.6. The van der Waals surface area contributed by atoms with Crippen LogP contribution in [0.1, 0.15) is 77.6 Å². The Morgan fingerprint density at radius 1 is 0.386 bits per heavy atom. The van der Waals surface area contributed by atoms with Gasteiger partial charge in [-0.2, -0.15) is 0 Å². The SMILES string of the molecule is C=C(C)C(=O)OCC(O)COc1ccc(C(C)(C)c2ccc(OCC(O)COC(=O)C(=C)C)cc2)cc1.C=C(C)C(=O)OCCOc1ccc(C(C)(C)c2ccc(OCCOC(=O)C(=C)C)cc2)cc1. The number of rotatable bonds is 26. The predicted octanol–water partition coefficient (Wildman–Crippen LogP) is 8.74. The number of benzene rings is 4. The van der Waals surface area contributed by atoms with E-state index in [4.69, 9.17) is 37.9 Å². The maximum atomic E-state index is 11.4. The number of aliphatic hydroxyl groups is 2. The van der Waals surface area contributed by atoms with Gasteiger partial charge in [0, 0.05) is 33.1 Å². The van der Waals surface area contributed by atoms with Crippen molar-refractivity contribution in [3.8, 4) is 23.0 Å². The molecule has 4 rings (SSSR count). The van der Waals surface area contributed by atoms with Gasteiger partial charge in [0.1, 0.15) is 88.1 Å². The fourth-order valence-electron chi connectivity index (χ4n) is 6.11. The molecule has 0 radical (unpaired) electrons. The summed E-state index contributed by atoms with van der Waals surface area (Å²) in [6.07, 6.45) is -1.90. The summed E-state index contributed by atoms with van der Waals surface area (Å²) in [4.78, 5) is 45.5. The molecule has 0 bridgehead atoms. The number of ether oxygens (including phenoxy) is 8. The van der Waals surface area contributed by atoms with E-state index in [2.05, 4.69) is 54.0 Å². The van der Waals surface area contributed by atoms with Gasteiger partial charge in [0.2, 0.25) is 0 Å². The van der Waals surface area contributed by atoms with Gasteiger partial charge in [0.05, 0.1) is 0 Å². The number of hydrogen-bond donors (Lipinski definition) is 2. The number of carbonyl (C=O) groups is 4. The van der Waals surface area contributed by atoms with E-state index in [0.717, 1.165) is 22.3 Å². The third-order valence-corrected chi connectivity index (χ3v) is 10.6. The summed E-state index contributed by atoms with van der Waals surface area (Å²) in [5, 5.41) is 19.9. The quantitative estimate of drug-likeness (QED) is 0.0264. The molecule has 0 aliphatic carbocycles. The molecule has 4 aromatic carbocycles. The zero-order valence-electron chi connectivity index (χ0n) is 41.7. The largest absolute Gasteiger partial charge is 0.491 e. The van der Waals surface area contributed by atoms with Crippen molar-refractivity contribution in [3.05, 3.63) is 168 Å². The van der Waals surface area contributed by atoms with Crippen molar-refractivity contribution in [2.75, 3.05) is 52.9 Å². The molecule has 376 valence electrons. The number of esters is 4. The molecule has 2 unspecified atom stereocenters. The van der Waals surface area contributed by atoms with E-state index in [9.17, 15) is 29.4 Å². The third-order valence-electron chi connectivity index (χ3n) is 10.6. The van der Waals surface area contributed by atoms with Crippen LogP contribution in [0.5, 0.6) is 23.0 Å². The summed E-state index contributed by atoms with van der Waals surface area (Å²) >= 11 is 0. The standard InChI is InChI=1S/C29H36O8.C27H32O6/c1-19(2)27(32)36-17-23(30)15-34-25-11-7-21(8-12-25)29(5,6)22-9-13-26(14-10-22)35-16-24(31)18-37-28(33)20(3)4;1-19(2)25(28)32-17-15-30-23-11-7-21(8-12-23)27(5,6)22-9-13-24(14-10-22)31-16-18-33-26(29)20(3)4/h7-14,23-24,30-31H,1,3,15-18H2,2,4-6H3;7-14H,1,3,15-18H2,2,4-6H3. The third kappa shape index (κ3) is 19.1. The summed E-state index contributed by atoms with van der Waals surface area (Å²) in [7, 11) is 0. The van der Waals surface area contributed by atoms with Gasteiger partial charge in [-0.05, 0) is 98.5 Å². The van der Waals surface area contributed by atoms with Crippen molar-refractivity contribution in [3.63, 3.8) is 0 Å².